The molecule has 26 heavy (non-hydrogen) atoms. The van der Waals surface area contributed by atoms with E-state index >= 15 is 0 Å². The molecule has 0 amide bonds. The zero-order valence-electron chi connectivity index (χ0n) is 15.5. The molecule has 0 spiro atoms. The van der Waals surface area contributed by atoms with Gasteiger partial charge in [0.1, 0.15) is 5.69 Å². The first-order valence-electron chi connectivity index (χ1n) is 8.67. The van der Waals surface area contributed by atoms with Crippen LogP contribution < -0.4 is 4.57 Å². The third-order valence-corrected chi connectivity index (χ3v) is 4.90. The van der Waals surface area contributed by atoms with Crippen molar-refractivity contribution in [2.75, 3.05) is 0 Å². The van der Waals surface area contributed by atoms with E-state index in [1.54, 1.807) is 18.6 Å². The molecule has 0 saturated heterocycles. The second kappa shape index (κ2) is 6.30. The van der Waals surface area contributed by atoms with Gasteiger partial charge in [-0.05, 0) is 61.1 Å². The highest BCUT2D eigenvalue weighted by Crippen LogP contribution is 2.31. The van der Waals surface area contributed by atoms with Crippen molar-refractivity contribution in [2.45, 2.75) is 20.8 Å². The molecular formula is C22H21N4+. The SMILES string of the molecule is Cc1cc(C)c(C)c(-c2c3cc(-c4cnccn4)ccc3nc[n+]2C)c1. The van der Waals surface area contributed by atoms with Gasteiger partial charge in [0.15, 0.2) is 5.52 Å². The monoisotopic (exact) mass is 341 g/mol. The Morgan fingerprint density at radius 3 is 2.54 bits per heavy atom. The molecule has 0 radical (unpaired) electrons. The highest BCUT2D eigenvalue weighted by Gasteiger charge is 2.18. The lowest BCUT2D eigenvalue weighted by Gasteiger charge is -2.12. The van der Waals surface area contributed by atoms with Crippen LogP contribution in [-0.4, -0.2) is 15.0 Å². The molecule has 4 aromatic rings. The summed E-state index contributed by atoms with van der Waals surface area (Å²) in [7, 11) is 2.05. The van der Waals surface area contributed by atoms with Gasteiger partial charge in [0.25, 0.3) is 6.33 Å². The van der Waals surface area contributed by atoms with Crippen LogP contribution in [0.1, 0.15) is 16.7 Å². The van der Waals surface area contributed by atoms with Crippen LogP contribution in [0, 0.1) is 20.8 Å². The van der Waals surface area contributed by atoms with E-state index in [-0.39, 0.29) is 0 Å². The van der Waals surface area contributed by atoms with Crippen molar-refractivity contribution in [1.29, 1.82) is 0 Å². The highest BCUT2D eigenvalue weighted by molar-refractivity contribution is 5.94. The van der Waals surface area contributed by atoms with Crippen LogP contribution in [0.3, 0.4) is 0 Å². The van der Waals surface area contributed by atoms with Crippen molar-refractivity contribution in [3.63, 3.8) is 0 Å². The third-order valence-electron chi connectivity index (χ3n) is 4.90. The maximum Gasteiger partial charge on any atom is 0.287 e. The Kier molecular flexibility index (Phi) is 3.96. The average Bonchev–Trinajstić information content (AvgIpc) is 2.65. The summed E-state index contributed by atoms with van der Waals surface area (Å²) in [5.74, 6) is 0. The van der Waals surface area contributed by atoms with Crippen molar-refractivity contribution >= 4 is 10.9 Å². The molecule has 2 aromatic carbocycles. The minimum atomic E-state index is 0.865. The predicted molar refractivity (Wildman–Crippen MR) is 104 cm³/mol. The Morgan fingerprint density at radius 1 is 0.923 bits per heavy atom. The maximum atomic E-state index is 4.60. The first-order valence-corrected chi connectivity index (χ1v) is 8.67. The summed E-state index contributed by atoms with van der Waals surface area (Å²) in [6.45, 7) is 6.49. The van der Waals surface area contributed by atoms with Crippen LogP contribution in [-0.2, 0) is 7.05 Å². The Morgan fingerprint density at radius 2 is 1.77 bits per heavy atom. The summed E-state index contributed by atoms with van der Waals surface area (Å²) in [5.41, 5.74) is 9.16. The zero-order chi connectivity index (χ0) is 18.3. The Bertz CT molecular complexity index is 1120. The molecule has 4 heteroatoms. The van der Waals surface area contributed by atoms with E-state index < -0.39 is 0 Å². The van der Waals surface area contributed by atoms with Crippen LogP contribution in [0.4, 0.5) is 0 Å². The molecule has 128 valence electrons. The fourth-order valence-electron chi connectivity index (χ4n) is 3.46. The van der Waals surface area contributed by atoms with Gasteiger partial charge in [0.05, 0.1) is 24.3 Å². The van der Waals surface area contributed by atoms with E-state index in [0.717, 1.165) is 22.2 Å². The lowest BCUT2D eigenvalue weighted by molar-refractivity contribution is -0.662. The molecule has 4 nitrogen and oxygen atoms in total. The van der Waals surface area contributed by atoms with E-state index in [2.05, 4.69) is 70.6 Å². The van der Waals surface area contributed by atoms with Crippen LogP contribution in [0.15, 0.2) is 55.2 Å². The Labute approximate surface area is 153 Å². The molecule has 2 heterocycles. The van der Waals surface area contributed by atoms with E-state index in [9.17, 15) is 0 Å². The quantitative estimate of drug-likeness (QED) is 0.515. The number of nitrogens with zero attached hydrogens (tertiary/aromatic N) is 4. The van der Waals surface area contributed by atoms with E-state index in [0.29, 0.717) is 0 Å². The molecular weight excluding hydrogens is 320 g/mol. The number of rotatable bonds is 2. The fourth-order valence-corrected chi connectivity index (χ4v) is 3.46. The van der Waals surface area contributed by atoms with Crippen LogP contribution >= 0.6 is 0 Å². The van der Waals surface area contributed by atoms with Crippen LogP contribution in [0.2, 0.25) is 0 Å². The van der Waals surface area contributed by atoms with Gasteiger partial charge in [0.2, 0.25) is 0 Å². The maximum absolute atomic E-state index is 4.60. The van der Waals surface area contributed by atoms with E-state index in [4.69, 9.17) is 0 Å². The van der Waals surface area contributed by atoms with Gasteiger partial charge in [-0.1, -0.05) is 11.6 Å². The summed E-state index contributed by atoms with van der Waals surface area (Å²) in [6.07, 6.45) is 7.09. The molecule has 0 saturated carbocycles. The number of fused-ring (bicyclic) bond motifs is 1. The lowest BCUT2D eigenvalue weighted by Crippen LogP contribution is -2.32. The Hall–Kier alpha value is -3.14. The minimum absolute atomic E-state index is 0.865. The summed E-state index contributed by atoms with van der Waals surface area (Å²) in [5, 5.41) is 1.12. The summed E-state index contributed by atoms with van der Waals surface area (Å²) in [6, 6.07) is 10.8. The summed E-state index contributed by atoms with van der Waals surface area (Å²) in [4.78, 5) is 13.2. The van der Waals surface area contributed by atoms with Gasteiger partial charge in [0, 0.05) is 23.5 Å². The van der Waals surface area contributed by atoms with E-state index in [1.165, 1.54) is 27.9 Å². The fraction of sp³-hybridized carbons (Fsp3) is 0.182. The lowest BCUT2D eigenvalue weighted by atomic mass is 9.95. The van der Waals surface area contributed by atoms with Gasteiger partial charge in [-0.25, -0.2) is 4.57 Å². The van der Waals surface area contributed by atoms with E-state index in [1.807, 2.05) is 13.4 Å². The molecule has 4 rings (SSSR count). The molecule has 0 aliphatic carbocycles. The number of aryl methyl sites for hydroxylation is 3. The molecule has 0 fully saturated rings. The largest absolute Gasteiger partial charge is 0.287 e. The van der Waals surface area contributed by atoms with Crippen molar-refractivity contribution in [3.8, 4) is 22.5 Å². The van der Waals surface area contributed by atoms with Gasteiger partial charge in [-0.2, -0.15) is 0 Å². The van der Waals surface area contributed by atoms with Crippen molar-refractivity contribution in [2.24, 2.45) is 7.05 Å². The third kappa shape index (κ3) is 2.73. The van der Waals surface area contributed by atoms with Gasteiger partial charge in [-0.15, -0.1) is 0 Å². The molecule has 0 aliphatic heterocycles. The average molecular weight is 341 g/mol. The van der Waals surface area contributed by atoms with Gasteiger partial charge in [-0.3, -0.25) is 9.97 Å². The normalized spacial score (nSPS) is 11.1. The number of aromatic nitrogens is 4. The van der Waals surface area contributed by atoms with Gasteiger partial charge >= 0.3 is 0 Å². The Balaban J connectivity index is 2.04. The van der Waals surface area contributed by atoms with Crippen LogP contribution in [0.5, 0.6) is 0 Å². The summed E-state index contributed by atoms with van der Waals surface area (Å²) < 4.78 is 2.10. The first kappa shape index (κ1) is 16.3. The number of hydrogen-bond acceptors (Lipinski definition) is 3. The second-order valence-corrected chi connectivity index (χ2v) is 6.78. The molecule has 0 bridgehead atoms. The summed E-state index contributed by atoms with van der Waals surface area (Å²) >= 11 is 0. The molecule has 0 atom stereocenters. The van der Waals surface area contributed by atoms with Crippen molar-refractivity contribution in [1.82, 2.24) is 15.0 Å². The predicted octanol–water partition coefficient (Wildman–Crippen LogP) is 4.11. The number of benzene rings is 2. The highest BCUT2D eigenvalue weighted by atomic mass is 15.0. The number of hydrogen-bond donors (Lipinski definition) is 0. The standard InChI is InChI=1S/C22H21N4/c1-14-9-15(2)16(3)18(10-14)22-19-11-17(21-12-23-7-8-24-21)5-6-20(19)25-13-26(22)4/h5-13H,1-4H3/q+1. The second-order valence-electron chi connectivity index (χ2n) is 6.78. The van der Waals surface area contributed by atoms with Crippen molar-refractivity contribution < 1.29 is 4.57 Å². The zero-order valence-corrected chi connectivity index (χ0v) is 15.5. The first-order chi connectivity index (χ1) is 12.5. The molecule has 2 aromatic heterocycles. The van der Waals surface area contributed by atoms with Crippen molar-refractivity contribution in [3.05, 3.63) is 71.9 Å². The van der Waals surface area contributed by atoms with Gasteiger partial charge < -0.3 is 0 Å². The van der Waals surface area contributed by atoms with Crippen LogP contribution in [0.25, 0.3) is 33.4 Å². The molecule has 0 N–H and O–H groups in total. The topological polar surface area (TPSA) is 42.6 Å². The molecule has 0 aliphatic rings. The minimum Gasteiger partial charge on any atom is -0.261 e. The smallest absolute Gasteiger partial charge is 0.261 e. The molecule has 0 unspecified atom stereocenters.